The van der Waals surface area contributed by atoms with Crippen molar-refractivity contribution in [2.75, 3.05) is 0 Å². The van der Waals surface area contributed by atoms with Gasteiger partial charge in [-0.15, -0.1) is 0 Å². The number of alkyl halides is 3. The van der Waals surface area contributed by atoms with Crippen LogP contribution < -0.4 is 5.56 Å². The van der Waals surface area contributed by atoms with Crippen molar-refractivity contribution >= 4 is 23.4 Å². The lowest BCUT2D eigenvalue weighted by Crippen LogP contribution is -2.21. The summed E-state index contributed by atoms with van der Waals surface area (Å²) >= 11 is 6.40. The molecule has 2 aromatic rings. The van der Waals surface area contributed by atoms with E-state index >= 15 is 0 Å². The number of benzene rings is 1. The normalized spacial score (nSPS) is 11.7. The number of aromatic amines is 1. The van der Waals surface area contributed by atoms with Crippen LogP contribution in [0.25, 0.3) is 0 Å². The van der Waals surface area contributed by atoms with Gasteiger partial charge >= 0.3 is 6.18 Å². The molecular weight excluding hydrogens is 313 g/mol. The first-order valence-corrected chi connectivity index (χ1v) is 6.58. The Balaban J connectivity index is 2.50. The van der Waals surface area contributed by atoms with Crippen LogP contribution in [0, 0.1) is 6.92 Å². The van der Waals surface area contributed by atoms with Crippen molar-refractivity contribution in [1.82, 2.24) is 9.97 Å². The van der Waals surface area contributed by atoms with Gasteiger partial charge in [0.15, 0.2) is 5.69 Å². The van der Waals surface area contributed by atoms with Crippen molar-refractivity contribution in [2.45, 2.75) is 22.9 Å². The first-order valence-electron chi connectivity index (χ1n) is 5.39. The number of nitrogens with zero attached hydrogens (tertiary/aromatic N) is 1. The molecule has 1 aromatic carbocycles. The third-order valence-electron chi connectivity index (χ3n) is 2.30. The Hall–Kier alpha value is -1.47. The van der Waals surface area contributed by atoms with Crippen LogP contribution >= 0.6 is 23.4 Å². The van der Waals surface area contributed by atoms with Crippen LogP contribution in [0.5, 0.6) is 0 Å². The molecule has 0 aliphatic rings. The van der Waals surface area contributed by atoms with E-state index in [0.717, 1.165) is 0 Å². The van der Waals surface area contributed by atoms with Gasteiger partial charge in [-0.3, -0.25) is 4.79 Å². The lowest BCUT2D eigenvalue weighted by atomic mass is 10.4. The van der Waals surface area contributed by atoms with E-state index in [0.29, 0.717) is 21.7 Å². The van der Waals surface area contributed by atoms with Gasteiger partial charge in [0.2, 0.25) is 0 Å². The number of aromatic nitrogens is 2. The van der Waals surface area contributed by atoms with E-state index < -0.39 is 22.3 Å². The minimum atomic E-state index is -4.69. The lowest BCUT2D eigenvalue weighted by Gasteiger charge is -2.11. The van der Waals surface area contributed by atoms with Crippen molar-refractivity contribution in [1.29, 1.82) is 0 Å². The second-order valence-corrected chi connectivity index (χ2v) is 5.40. The predicted octanol–water partition coefficient (Wildman–Crippen LogP) is 3.90. The summed E-state index contributed by atoms with van der Waals surface area (Å²) in [4.78, 5) is 17.4. The number of rotatable bonds is 2. The first kappa shape index (κ1) is 14.9. The van der Waals surface area contributed by atoms with Crippen molar-refractivity contribution in [3.63, 3.8) is 0 Å². The van der Waals surface area contributed by atoms with E-state index in [9.17, 15) is 18.0 Å². The second-order valence-electron chi connectivity index (χ2n) is 3.88. The summed E-state index contributed by atoms with van der Waals surface area (Å²) in [7, 11) is 0. The smallest absolute Gasteiger partial charge is 0.310 e. The zero-order chi connectivity index (χ0) is 14.9. The highest BCUT2D eigenvalue weighted by Crippen LogP contribution is 2.36. The van der Waals surface area contributed by atoms with E-state index in [1.807, 2.05) is 0 Å². The highest BCUT2D eigenvalue weighted by atomic mass is 35.5. The highest BCUT2D eigenvalue weighted by molar-refractivity contribution is 7.99. The zero-order valence-electron chi connectivity index (χ0n) is 10.1. The molecule has 0 saturated carbocycles. The fourth-order valence-corrected chi connectivity index (χ4v) is 2.52. The topological polar surface area (TPSA) is 45.8 Å². The first-order chi connectivity index (χ1) is 9.27. The van der Waals surface area contributed by atoms with Gasteiger partial charge < -0.3 is 4.98 Å². The van der Waals surface area contributed by atoms with Crippen molar-refractivity contribution < 1.29 is 13.2 Å². The third-order valence-corrected chi connectivity index (χ3v) is 3.64. The van der Waals surface area contributed by atoms with Crippen LogP contribution in [-0.2, 0) is 6.18 Å². The SMILES string of the molecule is Cc1nc(C(F)(F)F)c(Sc2ccc(Cl)cc2)c(=O)[nH]1. The van der Waals surface area contributed by atoms with Crippen LogP contribution in [0.3, 0.4) is 0 Å². The Bertz CT molecular complexity index is 683. The Morgan fingerprint density at radius 1 is 1.25 bits per heavy atom. The van der Waals surface area contributed by atoms with Crippen molar-refractivity contribution in [3.05, 3.63) is 51.2 Å². The Morgan fingerprint density at radius 3 is 2.40 bits per heavy atom. The molecule has 1 heterocycles. The Kier molecular flexibility index (Phi) is 4.10. The van der Waals surface area contributed by atoms with Crippen LogP contribution in [0.4, 0.5) is 13.2 Å². The van der Waals surface area contributed by atoms with E-state index in [-0.39, 0.29) is 5.82 Å². The van der Waals surface area contributed by atoms with Crippen LogP contribution in [0.1, 0.15) is 11.5 Å². The molecule has 0 bridgehead atoms. The number of halogens is 4. The van der Waals surface area contributed by atoms with Crippen molar-refractivity contribution in [3.8, 4) is 0 Å². The summed E-state index contributed by atoms with van der Waals surface area (Å²) in [6, 6.07) is 6.14. The van der Waals surface area contributed by atoms with Gasteiger partial charge in [0.1, 0.15) is 10.7 Å². The Labute approximate surface area is 121 Å². The summed E-state index contributed by atoms with van der Waals surface area (Å²) in [6.07, 6.45) is -4.69. The summed E-state index contributed by atoms with van der Waals surface area (Å²) in [5.74, 6) is -0.0808. The van der Waals surface area contributed by atoms with Gasteiger partial charge in [-0.05, 0) is 31.2 Å². The van der Waals surface area contributed by atoms with Gasteiger partial charge in [0.05, 0.1) is 0 Å². The molecule has 8 heteroatoms. The van der Waals surface area contributed by atoms with Gasteiger partial charge in [-0.1, -0.05) is 23.4 Å². The fourth-order valence-electron chi connectivity index (χ4n) is 1.48. The second kappa shape index (κ2) is 5.49. The molecule has 0 atom stereocenters. The molecule has 0 spiro atoms. The lowest BCUT2D eigenvalue weighted by molar-refractivity contribution is -0.143. The maximum atomic E-state index is 12.9. The van der Waals surface area contributed by atoms with Gasteiger partial charge in [0, 0.05) is 9.92 Å². The summed E-state index contributed by atoms with van der Waals surface area (Å²) in [6.45, 7) is 1.30. The molecule has 0 saturated heterocycles. The van der Waals surface area contributed by atoms with Crippen LogP contribution in [0.2, 0.25) is 5.02 Å². The monoisotopic (exact) mass is 320 g/mol. The minimum absolute atomic E-state index is 0.0808. The summed E-state index contributed by atoms with van der Waals surface area (Å²) in [5.41, 5.74) is -2.00. The largest absolute Gasteiger partial charge is 0.434 e. The van der Waals surface area contributed by atoms with Crippen LogP contribution in [-0.4, -0.2) is 9.97 Å². The molecule has 2 rings (SSSR count). The minimum Gasteiger partial charge on any atom is -0.310 e. The molecule has 0 aliphatic heterocycles. The van der Waals surface area contributed by atoms with E-state index in [2.05, 4.69) is 9.97 Å². The standard InChI is InChI=1S/C12H8ClF3N2OS/c1-6-17-10(12(14,15)16)9(11(19)18-6)20-8-4-2-7(13)3-5-8/h2-5H,1H3,(H,17,18,19). The Morgan fingerprint density at radius 2 is 1.85 bits per heavy atom. The van der Waals surface area contributed by atoms with Crippen molar-refractivity contribution in [2.24, 2.45) is 0 Å². The highest BCUT2D eigenvalue weighted by Gasteiger charge is 2.37. The van der Waals surface area contributed by atoms with E-state index in [1.165, 1.54) is 31.2 Å². The number of aryl methyl sites for hydroxylation is 1. The van der Waals surface area contributed by atoms with Gasteiger partial charge in [0.25, 0.3) is 5.56 Å². The molecule has 0 amide bonds. The molecular formula is C12H8ClF3N2OS. The quantitative estimate of drug-likeness (QED) is 0.912. The average Bonchev–Trinajstić information content (AvgIpc) is 2.33. The predicted molar refractivity (Wildman–Crippen MR) is 70.2 cm³/mol. The van der Waals surface area contributed by atoms with E-state index in [4.69, 9.17) is 11.6 Å². The van der Waals surface area contributed by atoms with E-state index in [1.54, 1.807) is 0 Å². The molecule has 20 heavy (non-hydrogen) atoms. The number of nitrogens with one attached hydrogen (secondary N) is 1. The maximum Gasteiger partial charge on any atom is 0.434 e. The summed E-state index contributed by atoms with van der Waals surface area (Å²) in [5, 5.41) is 0.460. The summed E-state index contributed by atoms with van der Waals surface area (Å²) < 4.78 is 38.8. The number of hydrogen-bond acceptors (Lipinski definition) is 3. The van der Waals surface area contributed by atoms with Crippen LogP contribution in [0.15, 0.2) is 38.9 Å². The van der Waals surface area contributed by atoms with Gasteiger partial charge in [-0.25, -0.2) is 4.98 Å². The molecule has 0 fully saturated rings. The molecule has 0 radical (unpaired) electrons. The third kappa shape index (κ3) is 3.34. The van der Waals surface area contributed by atoms with Gasteiger partial charge in [-0.2, -0.15) is 13.2 Å². The maximum absolute atomic E-state index is 12.9. The fraction of sp³-hybridized carbons (Fsp3) is 0.167. The molecule has 3 nitrogen and oxygen atoms in total. The molecule has 1 N–H and O–H groups in total. The number of H-pyrrole nitrogens is 1. The molecule has 106 valence electrons. The molecule has 0 unspecified atom stereocenters. The average molecular weight is 321 g/mol. The number of hydrogen-bond donors (Lipinski definition) is 1. The molecule has 0 aliphatic carbocycles. The zero-order valence-corrected chi connectivity index (χ0v) is 11.7. The molecule has 1 aromatic heterocycles.